The fourth-order valence-corrected chi connectivity index (χ4v) is 2.43. The molecule has 1 aliphatic carbocycles. The van der Waals surface area contributed by atoms with Gasteiger partial charge in [0.05, 0.1) is 4.92 Å². The van der Waals surface area contributed by atoms with Crippen LogP contribution < -0.4 is 5.32 Å². The van der Waals surface area contributed by atoms with Crippen LogP contribution in [0.2, 0.25) is 0 Å². The van der Waals surface area contributed by atoms with Crippen LogP contribution in [-0.2, 0) is 0 Å². The Labute approximate surface area is 112 Å². The molecule has 0 aromatic heterocycles. The Hall–Kier alpha value is -1.91. The van der Waals surface area contributed by atoms with Crippen molar-refractivity contribution < 1.29 is 9.72 Å². The van der Waals surface area contributed by atoms with Crippen LogP contribution in [0.3, 0.4) is 0 Å². The van der Waals surface area contributed by atoms with E-state index < -0.39 is 4.92 Å². The van der Waals surface area contributed by atoms with Gasteiger partial charge in [-0.15, -0.1) is 0 Å². The molecule has 0 radical (unpaired) electrons. The second-order valence-corrected chi connectivity index (χ2v) is 5.24. The quantitative estimate of drug-likeness (QED) is 0.672. The van der Waals surface area contributed by atoms with Gasteiger partial charge in [0, 0.05) is 23.7 Å². The minimum absolute atomic E-state index is 0.0510. The van der Waals surface area contributed by atoms with Crippen molar-refractivity contribution in [2.24, 2.45) is 5.92 Å². The number of carbonyl (C=O) groups excluding carboxylic acids is 1. The van der Waals surface area contributed by atoms with E-state index in [1.807, 2.05) is 0 Å². The molecule has 102 valence electrons. The minimum atomic E-state index is -0.487. The third-order valence-electron chi connectivity index (χ3n) is 3.67. The molecule has 1 fully saturated rings. The van der Waals surface area contributed by atoms with E-state index in [4.69, 9.17) is 0 Å². The number of carbonyl (C=O) groups is 1. The maximum absolute atomic E-state index is 12.0. The Kier molecular flexibility index (Phi) is 4.14. The average molecular weight is 262 g/mol. The molecule has 1 aliphatic rings. The number of rotatable bonds is 3. The number of amides is 1. The lowest BCUT2D eigenvalue weighted by Gasteiger charge is -2.26. The van der Waals surface area contributed by atoms with E-state index in [1.54, 1.807) is 6.07 Å². The van der Waals surface area contributed by atoms with Crippen LogP contribution in [0, 0.1) is 16.0 Å². The molecule has 0 atom stereocenters. The predicted octanol–water partition coefficient (Wildman–Crippen LogP) is 2.90. The number of hydrogen-bond donors (Lipinski definition) is 1. The SMILES string of the molecule is CC1CCC(NC(=O)c2cccc([N+](=O)[O-])c2)CC1. The highest BCUT2D eigenvalue weighted by atomic mass is 16.6. The van der Waals surface area contributed by atoms with Crippen molar-refractivity contribution in [2.75, 3.05) is 0 Å². The smallest absolute Gasteiger partial charge is 0.270 e. The highest BCUT2D eigenvalue weighted by Crippen LogP contribution is 2.23. The number of benzene rings is 1. The number of hydrogen-bond acceptors (Lipinski definition) is 3. The van der Waals surface area contributed by atoms with Crippen LogP contribution in [0.15, 0.2) is 24.3 Å². The molecule has 5 nitrogen and oxygen atoms in total. The van der Waals surface area contributed by atoms with Crippen LogP contribution >= 0.6 is 0 Å². The molecule has 1 N–H and O–H groups in total. The van der Waals surface area contributed by atoms with E-state index >= 15 is 0 Å². The zero-order valence-corrected chi connectivity index (χ0v) is 11.0. The van der Waals surface area contributed by atoms with Gasteiger partial charge >= 0.3 is 0 Å². The summed E-state index contributed by atoms with van der Waals surface area (Å²) in [7, 11) is 0. The number of non-ortho nitro benzene ring substituents is 1. The second-order valence-electron chi connectivity index (χ2n) is 5.24. The zero-order chi connectivity index (χ0) is 13.8. The third-order valence-corrected chi connectivity index (χ3v) is 3.67. The lowest BCUT2D eigenvalue weighted by Crippen LogP contribution is -2.37. The van der Waals surface area contributed by atoms with E-state index in [0.29, 0.717) is 5.56 Å². The van der Waals surface area contributed by atoms with Gasteiger partial charge in [0.1, 0.15) is 0 Å². The van der Waals surface area contributed by atoms with Crippen LogP contribution in [0.4, 0.5) is 5.69 Å². The van der Waals surface area contributed by atoms with Gasteiger partial charge in [-0.1, -0.05) is 13.0 Å². The zero-order valence-electron chi connectivity index (χ0n) is 11.0. The van der Waals surface area contributed by atoms with Gasteiger partial charge in [0.15, 0.2) is 0 Å². The van der Waals surface area contributed by atoms with E-state index in [1.165, 1.54) is 18.2 Å². The summed E-state index contributed by atoms with van der Waals surface area (Å²) in [5.74, 6) is 0.509. The maximum Gasteiger partial charge on any atom is 0.270 e. The van der Waals surface area contributed by atoms with Crippen LogP contribution in [-0.4, -0.2) is 16.9 Å². The fourth-order valence-electron chi connectivity index (χ4n) is 2.43. The summed E-state index contributed by atoms with van der Waals surface area (Å²) < 4.78 is 0. The van der Waals surface area contributed by atoms with Gasteiger partial charge in [-0.05, 0) is 37.7 Å². The molecule has 0 saturated heterocycles. The minimum Gasteiger partial charge on any atom is -0.349 e. The maximum atomic E-state index is 12.0. The molecule has 1 amide bonds. The van der Waals surface area contributed by atoms with Crippen molar-refractivity contribution in [1.82, 2.24) is 5.32 Å². The first-order chi connectivity index (χ1) is 9.06. The van der Waals surface area contributed by atoms with E-state index in [9.17, 15) is 14.9 Å². The second kappa shape index (κ2) is 5.82. The van der Waals surface area contributed by atoms with E-state index in [2.05, 4.69) is 12.2 Å². The van der Waals surface area contributed by atoms with Gasteiger partial charge in [-0.3, -0.25) is 14.9 Å². The van der Waals surface area contributed by atoms with Gasteiger partial charge < -0.3 is 5.32 Å². The molecule has 0 heterocycles. The van der Waals surface area contributed by atoms with Crippen molar-refractivity contribution in [3.05, 3.63) is 39.9 Å². The Morgan fingerprint density at radius 3 is 2.63 bits per heavy atom. The normalized spacial score (nSPS) is 22.8. The molecule has 0 bridgehead atoms. The van der Waals surface area contributed by atoms with Crippen LogP contribution in [0.5, 0.6) is 0 Å². The molecule has 1 aromatic rings. The summed E-state index contributed by atoms with van der Waals surface area (Å²) in [5.41, 5.74) is 0.303. The first kappa shape index (κ1) is 13.5. The van der Waals surface area contributed by atoms with Crippen molar-refractivity contribution in [3.63, 3.8) is 0 Å². The number of nitrogens with one attached hydrogen (secondary N) is 1. The lowest BCUT2D eigenvalue weighted by molar-refractivity contribution is -0.384. The summed E-state index contributed by atoms with van der Waals surface area (Å²) >= 11 is 0. The van der Waals surface area contributed by atoms with Gasteiger partial charge in [0.2, 0.25) is 0 Å². The largest absolute Gasteiger partial charge is 0.349 e. The summed E-state index contributed by atoms with van der Waals surface area (Å²) in [6, 6.07) is 6.05. The molecule has 1 aromatic carbocycles. The molecule has 1 saturated carbocycles. The standard InChI is InChI=1S/C14H18N2O3/c1-10-5-7-12(8-6-10)15-14(17)11-3-2-4-13(9-11)16(18)19/h2-4,9-10,12H,5-8H2,1H3,(H,15,17). The molecular formula is C14H18N2O3. The molecular weight excluding hydrogens is 244 g/mol. The summed E-state index contributed by atoms with van der Waals surface area (Å²) in [6.07, 6.45) is 4.23. The number of nitrogens with zero attached hydrogens (tertiary/aromatic N) is 1. The Balaban J connectivity index is 2.00. The van der Waals surface area contributed by atoms with Crippen LogP contribution in [0.25, 0.3) is 0 Å². The van der Waals surface area contributed by atoms with Crippen molar-refractivity contribution >= 4 is 11.6 Å². The van der Waals surface area contributed by atoms with E-state index in [0.717, 1.165) is 31.6 Å². The molecule has 0 spiro atoms. The van der Waals surface area contributed by atoms with Gasteiger partial charge in [-0.2, -0.15) is 0 Å². The summed E-state index contributed by atoms with van der Waals surface area (Å²) in [4.78, 5) is 22.2. The molecule has 5 heteroatoms. The highest BCUT2D eigenvalue weighted by molar-refractivity contribution is 5.94. The van der Waals surface area contributed by atoms with Gasteiger partial charge in [0.25, 0.3) is 11.6 Å². The highest BCUT2D eigenvalue weighted by Gasteiger charge is 2.20. The molecule has 0 unspecified atom stereocenters. The Morgan fingerprint density at radius 1 is 1.32 bits per heavy atom. The van der Waals surface area contributed by atoms with Crippen LogP contribution in [0.1, 0.15) is 43.0 Å². The number of nitro groups is 1. The van der Waals surface area contributed by atoms with Crippen molar-refractivity contribution in [1.29, 1.82) is 0 Å². The van der Waals surface area contributed by atoms with Crippen molar-refractivity contribution in [2.45, 2.75) is 38.6 Å². The Morgan fingerprint density at radius 2 is 2.00 bits per heavy atom. The molecule has 19 heavy (non-hydrogen) atoms. The van der Waals surface area contributed by atoms with Gasteiger partial charge in [-0.25, -0.2) is 0 Å². The first-order valence-corrected chi connectivity index (χ1v) is 6.61. The monoisotopic (exact) mass is 262 g/mol. The average Bonchev–Trinajstić information content (AvgIpc) is 2.41. The summed E-state index contributed by atoms with van der Waals surface area (Å²) in [5, 5.41) is 13.6. The fraction of sp³-hybridized carbons (Fsp3) is 0.500. The summed E-state index contributed by atoms with van der Waals surface area (Å²) in [6.45, 7) is 2.22. The molecule has 2 rings (SSSR count). The predicted molar refractivity (Wildman–Crippen MR) is 72.0 cm³/mol. The molecule has 0 aliphatic heterocycles. The third kappa shape index (κ3) is 3.53. The van der Waals surface area contributed by atoms with E-state index in [-0.39, 0.29) is 17.6 Å². The lowest BCUT2D eigenvalue weighted by atomic mass is 9.87. The van der Waals surface area contributed by atoms with Crippen molar-refractivity contribution in [3.8, 4) is 0 Å². The topological polar surface area (TPSA) is 72.2 Å². The first-order valence-electron chi connectivity index (χ1n) is 6.61. The Bertz CT molecular complexity index is 479. The number of nitro benzene ring substituents is 1.